The smallest absolute Gasteiger partial charge is 0.346 e. The normalized spacial score (nSPS) is 11.3. The molecule has 0 amide bonds. The van der Waals surface area contributed by atoms with Gasteiger partial charge in [0.1, 0.15) is 11.6 Å². The molecule has 164 valence electrons. The fourth-order valence-corrected chi connectivity index (χ4v) is 3.45. The summed E-state index contributed by atoms with van der Waals surface area (Å²) in [6, 6.07) is 20.4. The van der Waals surface area contributed by atoms with Crippen molar-refractivity contribution in [3.63, 3.8) is 0 Å². The van der Waals surface area contributed by atoms with Crippen LogP contribution in [0.5, 0.6) is 5.75 Å². The van der Waals surface area contributed by atoms with Crippen LogP contribution < -0.4 is 4.74 Å². The lowest BCUT2D eigenvalue weighted by Gasteiger charge is -2.08. The number of benzene rings is 3. The van der Waals surface area contributed by atoms with Crippen LogP contribution >= 0.6 is 0 Å². The monoisotopic (exact) mass is 428 g/mol. The number of aryl methyl sites for hydroxylation is 2. The van der Waals surface area contributed by atoms with E-state index in [-0.39, 0.29) is 5.56 Å². The second kappa shape index (κ2) is 11.8. The number of halogens is 1. The van der Waals surface area contributed by atoms with Gasteiger partial charge in [0, 0.05) is 0 Å². The van der Waals surface area contributed by atoms with Crippen molar-refractivity contribution in [3.05, 3.63) is 114 Å². The number of rotatable bonds is 9. The summed E-state index contributed by atoms with van der Waals surface area (Å²) < 4.78 is 19.8. The van der Waals surface area contributed by atoms with Crippen LogP contribution in [0.15, 0.2) is 91.0 Å². The Morgan fingerprint density at radius 3 is 1.88 bits per heavy atom. The summed E-state index contributed by atoms with van der Waals surface area (Å²) in [5.41, 5.74) is 4.22. The first kappa shape index (κ1) is 23.2. The molecule has 0 aliphatic heterocycles. The molecule has 3 rings (SSSR count). The van der Waals surface area contributed by atoms with Crippen LogP contribution in [0, 0.1) is 5.82 Å². The van der Waals surface area contributed by atoms with Gasteiger partial charge in [0.05, 0.1) is 5.56 Å². The summed E-state index contributed by atoms with van der Waals surface area (Å²) in [5, 5.41) is 0. The third-order valence-corrected chi connectivity index (χ3v) is 5.28. The van der Waals surface area contributed by atoms with Gasteiger partial charge in [-0.2, -0.15) is 0 Å². The zero-order chi connectivity index (χ0) is 22.8. The number of hydrogen-bond donors (Lipinski definition) is 0. The van der Waals surface area contributed by atoms with Crippen molar-refractivity contribution in [1.82, 2.24) is 0 Å². The molecule has 0 aromatic heterocycles. The number of hydrogen-bond acceptors (Lipinski definition) is 2. The highest BCUT2D eigenvalue weighted by molar-refractivity contribution is 5.91. The number of carbonyl (C=O) groups is 1. The lowest BCUT2D eigenvalue weighted by Crippen LogP contribution is -2.11. The minimum absolute atomic E-state index is 0.0580. The molecule has 0 fully saturated rings. The van der Waals surface area contributed by atoms with Crippen molar-refractivity contribution in [2.24, 2.45) is 0 Å². The minimum atomic E-state index is -0.694. The molecule has 0 atom stereocenters. The van der Waals surface area contributed by atoms with Crippen LogP contribution in [0.1, 0.15) is 48.2 Å². The second-order valence-electron chi connectivity index (χ2n) is 7.64. The molecule has 0 bridgehead atoms. The summed E-state index contributed by atoms with van der Waals surface area (Å²) >= 11 is 0. The Balaban J connectivity index is 1.62. The molecule has 0 unspecified atom stereocenters. The van der Waals surface area contributed by atoms with Crippen LogP contribution in [0.2, 0.25) is 0 Å². The summed E-state index contributed by atoms with van der Waals surface area (Å²) in [6.45, 7) is 3.99. The van der Waals surface area contributed by atoms with E-state index >= 15 is 0 Å². The van der Waals surface area contributed by atoms with E-state index in [1.54, 1.807) is 18.2 Å². The number of carbonyl (C=O) groups excluding carboxylic acids is 1. The van der Waals surface area contributed by atoms with Crippen molar-refractivity contribution in [2.45, 2.75) is 39.5 Å². The molecule has 3 heteroatoms. The largest absolute Gasteiger partial charge is 0.423 e. The molecule has 0 radical (unpaired) electrons. The Hall–Kier alpha value is -3.46. The second-order valence-corrected chi connectivity index (χ2v) is 7.64. The molecule has 2 nitrogen and oxygen atoms in total. The molecule has 0 aliphatic carbocycles. The van der Waals surface area contributed by atoms with Gasteiger partial charge in [-0.05, 0) is 86.1 Å². The minimum Gasteiger partial charge on any atom is -0.423 e. The number of allylic oxidation sites excluding steroid dienone is 4. The summed E-state index contributed by atoms with van der Waals surface area (Å²) in [6.07, 6.45) is 11.9. The maximum Gasteiger partial charge on any atom is 0.346 e. The average molecular weight is 429 g/mol. The number of esters is 1. The molecule has 0 saturated heterocycles. The number of ether oxygens (including phenoxy) is 1. The highest BCUT2D eigenvalue weighted by Crippen LogP contribution is 2.24. The van der Waals surface area contributed by atoms with Gasteiger partial charge in [-0.15, -0.1) is 0 Å². The van der Waals surface area contributed by atoms with Gasteiger partial charge in [0.15, 0.2) is 0 Å². The lowest BCUT2D eigenvalue weighted by molar-refractivity contribution is 0.0730. The van der Waals surface area contributed by atoms with Crippen molar-refractivity contribution in [1.29, 1.82) is 0 Å². The Labute approximate surface area is 190 Å². The SMILES string of the molecule is C/C=C/CCc1ccc(-c2ccc(OC(=O)c3ccc(CC/C=C/C)cc3F)cc2)cc1. The van der Waals surface area contributed by atoms with E-state index in [9.17, 15) is 9.18 Å². The third-order valence-electron chi connectivity index (χ3n) is 5.28. The van der Waals surface area contributed by atoms with Gasteiger partial charge in [-0.25, -0.2) is 9.18 Å². The molecule has 0 N–H and O–H groups in total. The highest BCUT2D eigenvalue weighted by atomic mass is 19.1. The van der Waals surface area contributed by atoms with E-state index in [0.717, 1.165) is 42.4 Å². The Morgan fingerprint density at radius 1 is 0.781 bits per heavy atom. The van der Waals surface area contributed by atoms with E-state index in [1.807, 2.05) is 38.1 Å². The molecular formula is C29H29FO2. The van der Waals surface area contributed by atoms with Gasteiger partial charge in [-0.1, -0.05) is 66.8 Å². The summed E-state index contributed by atoms with van der Waals surface area (Å²) in [7, 11) is 0. The van der Waals surface area contributed by atoms with E-state index in [2.05, 4.69) is 36.4 Å². The maximum atomic E-state index is 14.4. The van der Waals surface area contributed by atoms with Crippen molar-refractivity contribution >= 4 is 5.97 Å². The molecule has 0 spiro atoms. The third kappa shape index (κ3) is 6.52. The predicted octanol–water partition coefficient (Wildman–Crippen LogP) is 7.73. The quantitative estimate of drug-likeness (QED) is 0.198. The van der Waals surface area contributed by atoms with Crippen LogP contribution in [-0.2, 0) is 12.8 Å². The van der Waals surface area contributed by atoms with Crippen molar-refractivity contribution < 1.29 is 13.9 Å². The summed E-state index contributed by atoms with van der Waals surface area (Å²) in [5.74, 6) is -0.863. The van der Waals surface area contributed by atoms with Crippen molar-refractivity contribution in [2.75, 3.05) is 0 Å². The first-order chi connectivity index (χ1) is 15.6. The van der Waals surface area contributed by atoms with E-state index in [0.29, 0.717) is 5.75 Å². The van der Waals surface area contributed by atoms with Crippen molar-refractivity contribution in [3.8, 4) is 16.9 Å². The van der Waals surface area contributed by atoms with E-state index in [4.69, 9.17) is 4.74 Å². The van der Waals surface area contributed by atoms with E-state index < -0.39 is 11.8 Å². The molecule has 0 heterocycles. The highest BCUT2D eigenvalue weighted by Gasteiger charge is 2.15. The van der Waals surface area contributed by atoms with E-state index in [1.165, 1.54) is 17.7 Å². The molecule has 32 heavy (non-hydrogen) atoms. The topological polar surface area (TPSA) is 26.3 Å². The molecule has 3 aromatic carbocycles. The first-order valence-corrected chi connectivity index (χ1v) is 11.0. The zero-order valence-electron chi connectivity index (χ0n) is 18.7. The zero-order valence-corrected chi connectivity index (χ0v) is 18.7. The fourth-order valence-electron chi connectivity index (χ4n) is 3.45. The van der Waals surface area contributed by atoms with Crippen LogP contribution in [-0.4, -0.2) is 5.97 Å². The fraction of sp³-hybridized carbons (Fsp3) is 0.207. The predicted molar refractivity (Wildman–Crippen MR) is 130 cm³/mol. The average Bonchev–Trinajstić information content (AvgIpc) is 2.80. The van der Waals surface area contributed by atoms with Gasteiger partial charge in [0.2, 0.25) is 0 Å². The Morgan fingerprint density at radius 2 is 1.31 bits per heavy atom. The molecule has 3 aromatic rings. The van der Waals surface area contributed by atoms with Gasteiger partial charge in [-0.3, -0.25) is 0 Å². The molecule has 0 aliphatic rings. The summed E-state index contributed by atoms with van der Waals surface area (Å²) in [4.78, 5) is 12.4. The molecular weight excluding hydrogens is 399 g/mol. The Bertz CT molecular complexity index is 1080. The lowest BCUT2D eigenvalue weighted by atomic mass is 10.0. The van der Waals surface area contributed by atoms with Crippen LogP contribution in [0.4, 0.5) is 4.39 Å². The molecule has 0 saturated carbocycles. The van der Waals surface area contributed by atoms with Gasteiger partial charge >= 0.3 is 5.97 Å². The standard InChI is InChI=1S/C29H29FO2/c1-3-5-7-9-22-11-14-24(15-12-22)25-16-18-26(19-17-25)32-29(31)27-20-13-23(21-28(27)30)10-8-6-4-2/h3-6,11-21H,7-10H2,1-2H3/b5-3+,6-4+. The van der Waals surface area contributed by atoms with Gasteiger partial charge in [0.25, 0.3) is 0 Å². The van der Waals surface area contributed by atoms with Gasteiger partial charge < -0.3 is 4.74 Å². The van der Waals surface area contributed by atoms with Crippen LogP contribution in [0.25, 0.3) is 11.1 Å². The van der Waals surface area contributed by atoms with Crippen LogP contribution in [0.3, 0.4) is 0 Å². The maximum absolute atomic E-state index is 14.4. The Kier molecular flexibility index (Phi) is 8.56. The first-order valence-electron chi connectivity index (χ1n) is 11.0.